The summed E-state index contributed by atoms with van der Waals surface area (Å²) in [5.41, 5.74) is 0.739. The van der Waals surface area contributed by atoms with Crippen molar-refractivity contribution in [3.63, 3.8) is 0 Å². The molecule has 0 amide bonds. The van der Waals surface area contributed by atoms with E-state index < -0.39 is 5.97 Å². The van der Waals surface area contributed by atoms with Crippen molar-refractivity contribution < 1.29 is 14.3 Å². The number of hydrogen-bond donors (Lipinski definition) is 1. The molecule has 0 unspecified atom stereocenters. The summed E-state index contributed by atoms with van der Waals surface area (Å²) in [6, 6.07) is 3.82. The molecule has 0 fully saturated rings. The van der Waals surface area contributed by atoms with Crippen LogP contribution in [0.15, 0.2) is 38.8 Å². The summed E-state index contributed by atoms with van der Waals surface area (Å²) in [4.78, 5) is 11.4. The van der Waals surface area contributed by atoms with E-state index in [2.05, 4.69) is 10.2 Å². The summed E-state index contributed by atoms with van der Waals surface area (Å²) in [7, 11) is 0. The minimum absolute atomic E-state index is 0.441. The maximum Gasteiger partial charge on any atom is 0.328 e. The third-order valence-corrected chi connectivity index (χ3v) is 3.80. The molecule has 0 aliphatic rings. The molecule has 0 aromatic carbocycles. The van der Waals surface area contributed by atoms with Crippen LogP contribution in [0.1, 0.15) is 6.92 Å². The van der Waals surface area contributed by atoms with Crippen molar-refractivity contribution in [1.29, 1.82) is 0 Å². The highest BCUT2D eigenvalue weighted by Gasteiger charge is 2.09. The molecule has 0 radical (unpaired) electrons. The lowest BCUT2D eigenvalue weighted by molar-refractivity contribution is -0.131. The standard InChI is InChI=1S/C11H10N2O3S2/c1-7(5-9(14)15)6-18-11-13-12-10(16-11)8-3-2-4-17-8/h2-5H,6H2,1H3,(H,14,15)/b7-5+. The number of aromatic nitrogens is 2. The van der Waals surface area contributed by atoms with Gasteiger partial charge in [-0.15, -0.1) is 21.5 Å². The minimum atomic E-state index is -0.946. The van der Waals surface area contributed by atoms with E-state index in [0.29, 0.717) is 16.9 Å². The van der Waals surface area contributed by atoms with Gasteiger partial charge in [0.05, 0.1) is 4.88 Å². The molecule has 0 atom stereocenters. The van der Waals surface area contributed by atoms with Crippen LogP contribution in [0.5, 0.6) is 0 Å². The Bertz CT molecular complexity index is 561. The fourth-order valence-corrected chi connectivity index (χ4v) is 2.51. The van der Waals surface area contributed by atoms with Gasteiger partial charge >= 0.3 is 5.97 Å². The Kier molecular flexibility index (Phi) is 4.16. The molecule has 94 valence electrons. The molecule has 5 nitrogen and oxygen atoms in total. The van der Waals surface area contributed by atoms with Crippen LogP contribution in [-0.4, -0.2) is 27.0 Å². The molecule has 0 aliphatic heterocycles. The molecule has 1 N–H and O–H groups in total. The van der Waals surface area contributed by atoms with Crippen LogP contribution in [0.3, 0.4) is 0 Å². The Morgan fingerprint density at radius 2 is 2.44 bits per heavy atom. The molecule has 0 spiro atoms. The molecule has 2 aromatic heterocycles. The van der Waals surface area contributed by atoms with Crippen molar-refractivity contribution in [3.05, 3.63) is 29.2 Å². The quantitative estimate of drug-likeness (QED) is 0.671. The Balaban J connectivity index is 1.97. The van der Waals surface area contributed by atoms with E-state index >= 15 is 0 Å². The summed E-state index contributed by atoms with van der Waals surface area (Å²) >= 11 is 2.85. The molecule has 0 saturated carbocycles. The first-order chi connectivity index (χ1) is 8.65. The maximum absolute atomic E-state index is 10.4. The second-order valence-corrected chi connectivity index (χ2v) is 5.34. The summed E-state index contributed by atoms with van der Waals surface area (Å²) in [6.45, 7) is 1.75. The predicted octanol–water partition coefficient (Wildman–Crippen LogP) is 2.92. The van der Waals surface area contributed by atoms with Gasteiger partial charge in [-0.3, -0.25) is 0 Å². The number of rotatable bonds is 5. The highest BCUT2D eigenvalue weighted by molar-refractivity contribution is 7.99. The fourth-order valence-electron chi connectivity index (χ4n) is 1.20. The summed E-state index contributed by atoms with van der Waals surface area (Å²) in [5, 5.41) is 18.8. The van der Waals surface area contributed by atoms with Crippen molar-refractivity contribution in [3.8, 4) is 10.8 Å². The number of aliphatic carboxylic acids is 1. The number of carboxylic acid groups (broad SMARTS) is 1. The highest BCUT2D eigenvalue weighted by Crippen LogP contribution is 2.27. The lowest BCUT2D eigenvalue weighted by atomic mass is 10.3. The van der Waals surface area contributed by atoms with Crippen LogP contribution in [0.4, 0.5) is 0 Å². The van der Waals surface area contributed by atoms with Gasteiger partial charge in [-0.1, -0.05) is 23.4 Å². The first kappa shape index (κ1) is 12.8. The van der Waals surface area contributed by atoms with Crippen molar-refractivity contribution >= 4 is 29.1 Å². The first-order valence-electron chi connectivity index (χ1n) is 5.05. The lowest BCUT2D eigenvalue weighted by Crippen LogP contribution is -1.91. The molecule has 0 aliphatic carbocycles. The zero-order valence-electron chi connectivity index (χ0n) is 9.49. The van der Waals surface area contributed by atoms with Gasteiger partial charge in [-0.25, -0.2) is 4.79 Å². The minimum Gasteiger partial charge on any atom is -0.478 e. The average molecular weight is 282 g/mol. The second-order valence-electron chi connectivity index (χ2n) is 3.47. The largest absolute Gasteiger partial charge is 0.478 e. The van der Waals surface area contributed by atoms with Crippen molar-refractivity contribution in [1.82, 2.24) is 10.2 Å². The molecular formula is C11H10N2O3S2. The van der Waals surface area contributed by atoms with Crippen LogP contribution in [0.25, 0.3) is 10.8 Å². The zero-order chi connectivity index (χ0) is 13.0. The van der Waals surface area contributed by atoms with Gasteiger partial charge in [0, 0.05) is 11.8 Å². The molecule has 18 heavy (non-hydrogen) atoms. The van der Waals surface area contributed by atoms with Crippen molar-refractivity contribution in [2.24, 2.45) is 0 Å². The van der Waals surface area contributed by atoms with Gasteiger partial charge in [-0.05, 0) is 18.4 Å². The molecule has 2 rings (SSSR count). The monoisotopic (exact) mass is 282 g/mol. The van der Waals surface area contributed by atoms with Gasteiger partial charge < -0.3 is 9.52 Å². The van der Waals surface area contributed by atoms with E-state index in [1.165, 1.54) is 29.2 Å². The number of thioether (sulfide) groups is 1. The van der Waals surface area contributed by atoms with Gasteiger partial charge in [0.15, 0.2) is 0 Å². The Labute approximate surface area is 112 Å². The van der Waals surface area contributed by atoms with Crippen LogP contribution in [0.2, 0.25) is 0 Å². The summed E-state index contributed by atoms with van der Waals surface area (Å²) in [5.74, 6) is 0.0588. The van der Waals surface area contributed by atoms with Crippen molar-refractivity contribution in [2.45, 2.75) is 12.1 Å². The normalized spacial score (nSPS) is 11.7. The van der Waals surface area contributed by atoms with E-state index in [1.807, 2.05) is 17.5 Å². The third-order valence-electron chi connectivity index (χ3n) is 1.93. The van der Waals surface area contributed by atoms with E-state index in [1.54, 1.807) is 6.92 Å². The van der Waals surface area contributed by atoms with Crippen LogP contribution in [0, 0.1) is 0 Å². The predicted molar refractivity (Wildman–Crippen MR) is 69.7 cm³/mol. The van der Waals surface area contributed by atoms with E-state index in [0.717, 1.165) is 10.5 Å². The molecule has 2 heterocycles. The first-order valence-corrected chi connectivity index (χ1v) is 6.92. The van der Waals surface area contributed by atoms with Gasteiger partial charge in [0.25, 0.3) is 11.1 Å². The summed E-state index contributed by atoms with van der Waals surface area (Å²) in [6.07, 6.45) is 1.17. The average Bonchev–Trinajstić information content (AvgIpc) is 2.96. The Morgan fingerprint density at radius 1 is 1.61 bits per heavy atom. The van der Waals surface area contributed by atoms with Crippen LogP contribution in [-0.2, 0) is 4.79 Å². The number of nitrogens with zero attached hydrogens (tertiary/aromatic N) is 2. The number of carboxylic acids is 1. The number of hydrogen-bond acceptors (Lipinski definition) is 6. The maximum atomic E-state index is 10.4. The Morgan fingerprint density at radius 3 is 3.11 bits per heavy atom. The molecule has 0 bridgehead atoms. The highest BCUT2D eigenvalue weighted by atomic mass is 32.2. The van der Waals surface area contributed by atoms with Crippen LogP contribution >= 0.6 is 23.1 Å². The topological polar surface area (TPSA) is 76.2 Å². The van der Waals surface area contributed by atoms with Gasteiger partial charge in [0.2, 0.25) is 0 Å². The molecule has 0 saturated heterocycles. The second kappa shape index (κ2) is 5.83. The SMILES string of the molecule is C/C(=C\C(=O)O)CSc1nnc(-c2cccs2)o1. The van der Waals surface area contributed by atoms with Gasteiger partial charge in [-0.2, -0.15) is 0 Å². The van der Waals surface area contributed by atoms with E-state index in [9.17, 15) is 4.79 Å². The fraction of sp³-hybridized carbons (Fsp3) is 0.182. The smallest absolute Gasteiger partial charge is 0.328 e. The number of carbonyl (C=O) groups is 1. The lowest BCUT2D eigenvalue weighted by Gasteiger charge is -1.95. The third kappa shape index (κ3) is 3.44. The Hall–Kier alpha value is -1.60. The van der Waals surface area contributed by atoms with E-state index in [-0.39, 0.29) is 0 Å². The molecular weight excluding hydrogens is 272 g/mol. The summed E-state index contributed by atoms with van der Waals surface area (Å²) < 4.78 is 5.46. The van der Waals surface area contributed by atoms with E-state index in [4.69, 9.17) is 9.52 Å². The van der Waals surface area contributed by atoms with Crippen molar-refractivity contribution in [2.75, 3.05) is 5.75 Å². The van der Waals surface area contributed by atoms with Gasteiger partial charge in [0.1, 0.15) is 0 Å². The molecule has 7 heteroatoms. The van der Waals surface area contributed by atoms with Crippen LogP contribution < -0.4 is 0 Å². The molecule has 2 aromatic rings. The number of thiophene rings is 1. The zero-order valence-corrected chi connectivity index (χ0v) is 11.1.